The number of anilines is 1. The first kappa shape index (κ1) is 21.1. The molecule has 9 nitrogen and oxygen atoms in total. The molecule has 0 fully saturated rings. The van der Waals surface area contributed by atoms with Gasteiger partial charge >= 0.3 is 6.03 Å². The summed E-state index contributed by atoms with van der Waals surface area (Å²) in [6, 6.07) is 8.51. The van der Waals surface area contributed by atoms with Gasteiger partial charge in [0.05, 0.1) is 17.4 Å². The van der Waals surface area contributed by atoms with Crippen molar-refractivity contribution in [2.24, 2.45) is 0 Å². The Balaban J connectivity index is 1.74. The van der Waals surface area contributed by atoms with Gasteiger partial charge in [0.1, 0.15) is 5.82 Å². The predicted molar refractivity (Wildman–Crippen MR) is 124 cm³/mol. The van der Waals surface area contributed by atoms with Gasteiger partial charge < -0.3 is 4.90 Å². The molecule has 0 saturated carbocycles. The van der Waals surface area contributed by atoms with Crippen molar-refractivity contribution in [3.05, 3.63) is 75.5 Å². The highest BCUT2D eigenvalue weighted by molar-refractivity contribution is 6.30. The second-order valence-electron chi connectivity index (χ2n) is 8.39. The quantitative estimate of drug-likeness (QED) is 0.451. The Morgan fingerprint density at radius 1 is 1.09 bits per heavy atom. The number of fused-ring (bicyclic) bond motifs is 2. The number of hydrogen-bond acceptors (Lipinski definition) is 5. The van der Waals surface area contributed by atoms with E-state index in [2.05, 4.69) is 15.3 Å². The van der Waals surface area contributed by atoms with Crippen LogP contribution in [-0.2, 0) is 0 Å². The van der Waals surface area contributed by atoms with Crippen LogP contribution in [0.4, 0.5) is 10.5 Å². The first-order valence-electron chi connectivity index (χ1n) is 10.4. The lowest BCUT2D eigenvalue weighted by atomic mass is 9.99. The van der Waals surface area contributed by atoms with Crippen molar-refractivity contribution in [3.63, 3.8) is 0 Å². The highest BCUT2D eigenvalue weighted by Gasteiger charge is 2.44. The van der Waals surface area contributed by atoms with E-state index in [1.807, 2.05) is 49.6 Å². The Hall–Kier alpha value is -3.72. The molecule has 5 rings (SSSR count). The van der Waals surface area contributed by atoms with Crippen molar-refractivity contribution in [2.45, 2.75) is 26.8 Å². The van der Waals surface area contributed by atoms with Crippen molar-refractivity contribution in [2.75, 3.05) is 19.0 Å². The second kappa shape index (κ2) is 7.41. The number of benzene rings is 1. The number of rotatable bonds is 2. The molecule has 3 aromatic heterocycles. The fourth-order valence-corrected chi connectivity index (χ4v) is 4.47. The number of pyridine rings is 1. The van der Waals surface area contributed by atoms with E-state index in [0.29, 0.717) is 22.0 Å². The molecule has 2 amide bonds. The molecule has 0 unspecified atom stereocenters. The third kappa shape index (κ3) is 3.11. The van der Waals surface area contributed by atoms with Gasteiger partial charge in [-0.2, -0.15) is 9.78 Å². The maximum atomic E-state index is 13.7. The Morgan fingerprint density at radius 2 is 1.79 bits per heavy atom. The third-order valence-corrected chi connectivity index (χ3v) is 6.24. The van der Waals surface area contributed by atoms with E-state index >= 15 is 0 Å². The Bertz CT molecular complexity index is 1440. The molecule has 0 radical (unpaired) electrons. The van der Waals surface area contributed by atoms with E-state index in [4.69, 9.17) is 11.6 Å². The van der Waals surface area contributed by atoms with E-state index in [9.17, 15) is 9.59 Å². The van der Waals surface area contributed by atoms with Gasteiger partial charge in [0.15, 0.2) is 11.3 Å². The Labute approximate surface area is 195 Å². The van der Waals surface area contributed by atoms with Crippen molar-refractivity contribution in [1.82, 2.24) is 29.3 Å². The topological polar surface area (TPSA) is 88.6 Å². The lowest BCUT2D eigenvalue weighted by Gasteiger charge is -2.27. The average molecular weight is 464 g/mol. The van der Waals surface area contributed by atoms with Crippen molar-refractivity contribution in [1.29, 1.82) is 0 Å². The normalized spacial score (nSPS) is 15.4. The molecule has 0 spiro atoms. The zero-order chi connectivity index (χ0) is 23.6. The van der Waals surface area contributed by atoms with Gasteiger partial charge in [0.2, 0.25) is 0 Å². The summed E-state index contributed by atoms with van der Waals surface area (Å²) in [6.45, 7) is 5.61. The number of carbonyl (C=O) groups excluding carboxylic acids is 2. The van der Waals surface area contributed by atoms with E-state index < -0.39 is 6.04 Å². The summed E-state index contributed by atoms with van der Waals surface area (Å²) in [6.07, 6.45) is 1.86. The van der Waals surface area contributed by atoms with Crippen molar-refractivity contribution >= 4 is 34.9 Å². The molecule has 0 bridgehead atoms. The smallest absolute Gasteiger partial charge is 0.329 e. The van der Waals surface area contributed by atoms with Gasteiger partial charge in [-0.05, 0) is 50.1 Å². The third-order valence-electron chi connectivity index (χ3n) is 5.99. The number of nitrogens with zero attached hydrogens (tertiary/aromatic N) is 7. The summed E-state index contributed by atoms with van der Waals surface area (Å²) >= 11 is 6.14. The second-order valence-corrected chi connectivity index (χ2v) is 8.82. The van der Waals surface area contributed by atoms with Crippen LogP contribution >= 0.6 is 11.6 Å². The molecule has 1 aliphatic heterocycles. The minimum absolute atomic E-state index is 0.265. The molecule has 0 N–H and O–H groups in total. The largest absolute Gasteiger partial charge is 0.344 e. The molecule has 0 aliphatic carbocycles. The Morgan fingerprint density at radius 3 is 2.45 bits per heavy atom. The fourth-order valence-electron chi connectivity index (χ4n) is 4.34. The van der Waals surface area contributed by atoms with Gasteiger partial charge in [-0.25, -0.2) is 4.79 Å². The van der Waals surface area contributed by atoms with Crippen LogP contribution in [0.5, 0.6) is 0 Å². The van der Waals surface area contributed by atoms with E-state index in [-0.39, 0.29) is 17.6 Å². The summed E-state index contributed by atoms with van der Waals surface area (Å²) in [5.74, 6) is 0.447. The highest BCUT2D eigenvalue weighted by atomic mass is 35.5. The molecule has 1 aromatic carbocycles. The summed E-state index contributed by atoms with van der Waals surface area (Å²) in [5.41, 5.74) is 4.78. The molecule has 1 atom stereocenters. The molecule has 10 heteroatoms. The van der Waals surface area contributed by atoms with Crippen LogP contribution in [0.25, 0.3) is 5.65 Å². The fraction of sp³-hybridized carbons (Fsp3) is 0.261. The number of amides is 2. The average Bonchev–Trinajstić information content (AvgIpc) is 3.41. The van der Waals surface area contributed by atoms with E-state index in [0.717, 1.165) is 22.6 Å². The van der Waals surface area contributed by atoms with E-state index in [1.165, 1.54) is 9.58 Å². The maximum Gasteiger partial charge on any atom is 0.344 e. The molecule has 168 valence electrons. The van der Waals surface area contributed by atoms with Gasteiger partial charge in [-0.15, -0.1) is 10.2 Å². The highest BCUT2D eigenvalue weighted by Crippen LogP contribution is 2.43. The minimum atomic E-state index is -0.470. The van der Waals surface area contributed by atoms with Gasteiger partial charge in [0, 0.05) is 30.9 Å². The SMILES string of the molecule is Cc1cc(N2C(=O)c3nn(C(=O)N(C)C)c(C)c3[C@H]2c2ccc(Cl)cc2)cn2c(C)nnc12. The van der Waals surface area contributed by atoms with Crippen LogP contribution in [0, 0.1) is 20.8 Å². The Kier molecular flexibility index (Phi) is 4.75. The van der Waals surface area contributed by atoms with Crippen LogP contribution in [0.2, 0.25) is 5.02 Å². The molecule has 33 heavy (non-hydrogen) atoms. The maximum absolute atomic E-state index is 13.7. The van der Waals surface area contributed by atoms with E-state index in [1.54, 1.807) is 31.1 Å². The monoisotopic (exact) mass is 463 g/mol. The summed E-state index contributed by atoms with van der Waals surface area (Å²) in [7, 11) is 3.30. The first-order valence-corrected chi connectivity index (χ1v) is 10.8. The first-order chi connectivity index (χ1) is 15.7. The van der Waals surface area contributed by atoms with Gasteiger partial charge in [-0.1, -0.05) is 23.7 Å². The number of carbonyl (C=O) groups is 2. The molecule has 4 aromatic rings. The number of hydrogen-bond donors (Lipinski definition) is 0. The number of halogens is 1. The molecular formula is C23H22ClN7O2. The van der Waals surface area contributed by atoms with Crippen LogP contribution in [0.3, 0.4) is 0 Å². The number of aryl methyl sites for hydroxylation is 2. The predicted octanol–water partition coefficient (Wildman–Crippen LogP) is 3.78. The van der Waals surface area contributed by atoms with Crippen LogP contribution in [-0.4, -0.2) is 55.3 Å². The number of aromatic nitrogens is 5. The van der Waals surface area contributed by atoms with Crippen LogP contribution < -0.4 is 4.90 Å². The molecule has 1 aliphatic rings. The zero-order valence-corrected chi connectivity index (χ0v) is 19.6. The standard InChI is InChI=1S/C23H22ClN7O2/c1-12-10-17(11-29-14(3)25-26-21(12)29)30-20(15-6-8-16(24)9-7-15)18-13(2)31(23(33)28(4)5)27-19(18)22(30)32/h6-11,20H,1-5H3/t20-/m1/s1. The molecule has 4 heterocycles. The molecule has 0 saturated heterocycles. The summed E-state index contributed by atoms with van der Waals surface area (Å²) < 4.78 is 3.16. The van der Waals surface area contributed by atoms with Crippen LogP contribution in [0.15, 0.2) is 36.5 Å². The lowest BCUT2D eigenvalue weighted by molar-refractivity contribution is 0.0988. The minimum Gasteiger partial charge on any atom is -0.329 e. The summed E-state index contributed by atoms with van der Waals surface area (Å²) in [4.78, 5) is 29.6. The van der Waals surface area contributed by atoms with Gasteiger partial charge in [0.25, 0.3) is 5.91 Å². The zero-order valence-electron chi connectivity index (χ0n) is 18.9. The van der Waals surface area contributed by atoms with Crippen molar-refractivity contribution < 1.29 is 9.59 Å². The van der Waals surface area contributed by atoms with Crippen LogP contribution in [0.1, 0.15) is 44.7 Å². The summed E-state index contributed by atoms with van der Waals surface area (Å²) in [5, 5.41) is 13.4. The van der Waals surface area contributed by atoms with Gasteiger partial charge in [-0.3, -0.25) is 14.1 Å². The molecular weight excluding hydrogens is 442 g/mol. The van der Waals surface area contributed by atoms with Crippen molar-refractivity contribution in [3.8, 4) is 0 Å². The lowest BCUT2D eigenvalue weighted by Crippen LogP contribution is -2.33.